The van der Waals surface area contributed by atoms with E-state index in [0.717, 1.165) is 30.9 Å². The summed E-state index contributed by atoms with van der Waals surface area (Å²) in [5, 5.41) is 0. The highest BCUT2D eigenvalue weighted by Crippen LogP contribution is 2.30. The van der Waals surface area contributed by atoms with E-state index in [-0.39, 0.29) is 12.1 Å². The zero-order valence-electron chi connectivity index (χ0n) is 14.8. The first kappa shape index (κ1) is 17.6. The standard InChI is InChI=1S/C17H27N3O2Si/c1-13(2)12-22-17(21)20-9-6-7-15(20)16-18-11-14(19-16)8-10-23(3,4)5/h11,13,15H,6-7,9,12H2,1-5H3,(H,18,19). The lowest BCUT2D eigenvalue weighted by molar-refractivity contribution is 0.0871. The Hall–Kier alpha value is -1.74. The fraction of sp³-hybridized carbons (Fsp3) is 0.647. The van der Waals surface area contributed by atoms with Crippen LogP contribution in [0.25, 0.3) is 0 Å². The maximum absolute atomic E-state index is 12.2. The van der Waals surface area contributed by atoms with Crippen LogP contribution >= 0.6 is 0 Å². The van der Waals surface area contributed by atoms with Crippen molar-refractivity contribution in [2.45, 2.75) is 52.4 Å². The van der Waals surface area contributed by atoms with Gasteiger partial charge in [-0.15, -0.1) is 5.54 Å². The number of hydrogen-bond donors (Lipinski definition) is 1. The molecule has 126 valence electrons. The number of nitrogens with zero attached hydrogens (tertiary/aromatic N) is 2. The number of rotatable bonds is 3. The van der Waals surface area contributed by atoms with E-state index in [9.17, 15) is 4.79 Å². The predicted molar refractivity (Wildman–Crippen MR) is 93.7 cm³/mol. The lowest BCUT2D eigenvalue weighted by atomic mass is 10.2. The lowest BCUT2D eigenvalue weighted by Gasteiger charge is -2.23. The molecule has 1 aliphatic heterocycles. The first-order chi connectivity index (χ1) is 10.8. The van der Waals surface area contributed by atoms with Gasteiger partial charge in [-0.05, 0) is 18.8 Å². The summed E-state index contributed by atoms with van der Waals surface area (Å²) in [6.07, 6.45) is 3.40. The number of amides is 1. The zero-order chi connectivity index (χ0) is 17.0. The molecule has 1 N–H and O–H groups in total. The Morgan fingerprint density at radius 1 is 1.52 bits per heavy atom. The second kappa shape index (κ2) is 7.22. The van der Waals surface area contributed by atoms with Gasteiger partial charge in [0.1, 0.15) is 19.6 Å². The summed E-state index contributed by atoms with van der Waals surface area (Å²) in [6, 6.07) is -0.0305. The van der Waals surface area contributed by atoms with Gasteiger partial charge in [0.2, 0.25) is 0 Å². The summed E-state index contributed by atoms with van der Waals surface area (Å²) < 4.78 is 5.36. The van der Waals surface area contributed by atoms with E-state index >= 15 is 0 Å². The molecular weight excluding hydrogens is 306 g/mol. The van der Waals surface area contributed by atoms with E-state index in [4.69, 9.17) is 4.74 Å². The number of aromatic nitrogens is 2. The van der Waals surface area contributed by atoms with Gasteiger partial charge in [-0.1, -0.05) is 39.4 Å². The molecule has 0 aromatic carbocycles. The average Bonchev–Trinajstić information content (AvgIpc) is 3.09. The molecule has 1 atom stereocenters. The smallest absolute Gasteiger partial charge is 0.410 e. The van der Waals surface area contributed by atoms with Gasteiger partial charge in [0, 0.05) is 6.54 Å². The van der Waals surface area contributed by atoms with Gasteiger partial charge in [0.15, 0.2) is 0 Å². The van der Waals surface area contributed by atoms with Crippen molar-refractivity contribution in [3.8, 4) is 11.5 Å². The van der Waals surface area contributed by atoms with Crippen LogP contribution in [-0.4, -0.2) is 42.2 Å². The van der Waals surface area contributed by atoms with Crippen LogP contribution in [0.4, 0.5) is 4.79 Å². The molecule has 1 unspecified atom stereocenters. The van der Waals surface area contributed by atoms with Crippen LogP contribution in [0, 0.1) is 17.4 Å². The molecule has 5 nitrogen and oxygen atoms in total. The average molecular weight is 334 g/mol. The summed E-state index contributed by atoms with van der Waals surface area (Å²) in [5.41, 5.74) is 4.15. The highest BCUT2D eigenvalue weighted by atomic mass is 28.3. The van der Waals surface area contributed by atoms with Crippen LogP contribution in [0.1, 0.15) is 44.2 Å². The van der Waals surface area contributed by atoms with E-state index in [1.54, 1.807) is 11.1 Å². The molecule has 1 aromatic heterocycles. The molecule has 2 rings (SSSR count). The number of hydrogen-bond acceptors (Lipinski definition) is 3. The maximum Gasteiger partial charge on any atom is 0.410 e. The molecule has 0 aliphatic carbocycles. The molecule has 0 saturated carbocycles. The first-order valence-corrected chi connectivity index (χ1v) is 11.8. The van der Waals surface area contributed by atoms with Gasteiger partial charge in [-0.2, -0.15) is 0 Å². The Labute approximate surface area is 139 Å². The predicted octanol–water partition coefficient (Wildman–Crippen LogP) is 3.57. The summed E-state index contributed by atoms with van der Waals surface area (Å²) in [5.74, 6) is 4.32. The normalized spacial score (nSPS) is 18.0. The third-order valence-electron chi connectivity index (χ3n) is 3.51. The zero-order valence-corrected chi connectivity index (χ0v) is 15.8. The summed E-state index contributed by atoms with van der Waals surface area (Å²) in [6.45, 7) is 11.9. The molecule has 2 heterocycles. The van der Waals surface area contributed by atoms with Crippen molar-refractivity contribution in [3.05, 3.63) is 17.7 Å². The Balaban J connectivity index is 2.06. The quantitative estimate of drug-likeness (QED) is 0.679. The van der Waals surface area contributed by atoms with Crippen LogP contribution < -0.4 is 0 Å². The minimum atomic E-state index is -1.41. The Bertz CT molecular complexity index is 607. The second-order valence-corrected chi connectivity index (χ2v) is 12.3. The number of aromatic amines is 1. The van der Waals surface area contributed by atoms with Crippen LogP contribution in [0.3, 0.4) is 0 Å². The van der Waals surface area contributed by atoms with Crippen LogP contribution in [0.5, 0.6) is 0 Å². The molecule has 1 amide bonds. The van der Waals surface area contributed by atoms with Gasteiger partial charge < -0.3 is 9.72 Å². The minimum absolute atomic E-state index is 0.0305. The van der Waals surface area contributed by atoms with Crippen molar-refractivity contribution in [3.63, 3.8) is 0 Å². The van der Waals surface area contributed by atoms with Crippen molar-refractivity contribution in [1.29, 1.82) is 0 Å². The first-order valence-electron chi connectivity index (χ1n) is 8.28. The van der Waals surface area contributed by atoms with Gasteiger partial charge in [-0.25, -0.2) is 9.78 Å². The fourth-order valence-corrected chi connectivity index (χ4v) is 2.92. The number of likely N-dealkylation sites (tertiary alicyclic amines) is 1. The molecule has 1 saturated heterocycles. The second-order valence-electron chi connectivity index (χ2n) is 7.50. The summed E-state index contributed by atoms with van der Waals surface area (Å²) in [7, 11) is -1.41. The number of carbonyl (C=O) groups excluding carboxylic acids is 1. The van der Waals surface area contributed by atoms with Crippen LogP contribution in [0.2, 0.25) is 19.6 Å². The number of ether oxygens (including phenoxy) is 1. The van der Waals surface area contributed by atoms with Gasteiger partial charge in [0.25, 0.3) is 0 Å². The third kappa shape index (κ3) is 5.14. The van der Waals surface area contributed by atoms with E-state index in [0.29, 0.717) is 12.5 Å². The molecule has 6 heteroatoms. The topological polar surface area (TPSA) is 58.2 Å². The number of carbonyl (C=O) groups is 1. The SMILES string of the molecule is CC(C)COC(=O)N1CCCC1c1ncc(C#C[Si](C)(C)C)[nH]1. The molecule has 1 fully saturated rings. The van der Waals surface area contributed by atoms with Gasteiger partial charge in [-0.3, -0.25) is 4.90 Å². The number of nitrogens with one attached hydrogen (secondary N) is 1. The highest BCUT2D eigenvalue weighted by molar-refractivity contribution is 6.83. The summed E-state index contributed by atoms with van der Waals surface area (Å²) in [4.78, 5) is 21.7. The van der Waals surface area contributed by atoms with E-state index < -0.39 is 8.07 Å². The van der Waals surface area contributed by atoms with Gasteiger partial charge >= 0.3 is 6.09 Å². The Morgan fingerprint density at radius 2 is 2.26 bits per heavy atom. The van der Waals surface area contributed by atoms with Crippen molar-refractivity contribution >= 4 is 14.2 Å². The van der Waals surface area contributed by atoms with E-state index in [1.165, 1.54) is 0 Å². The largest absolute Gasteiger partial charge is 0.449 e. The highest BCUT2D eigenvalue weighted by Gasteiger charge is 2.33. The molecule has 1 aromatic rings. The van der Waals surface area contributed by atoms with E-state index in [2.05, 4.69) is 41.1 Å². The molecule has 0 radical (unpaired) electrons. The third-order valence-corrected chi connectivity index (χ3v) is 4.39. The molecule has 0 spiro atoms. The minimum Gasteiger partial charge on any atom is -0.449 e. The lowest BCUT2D eigenvalue weighted by Crippen LogP contribution is -2.32. The fourth-order valence-electron chi connectivity index (χ4n) is 2.41. The van der Waals surface area contributed by atoms with Crippen molar-refractivity contribution in [1.82, 2.24) is 14.9 Å². The number of H-pyrrole nitrogens is 1. The summed E-state index contributed by atoms with van der Waals surface area (Å²) >= 11 is 0. The van der Waals surface area contributed by atoms with Crippen molar-refractivity contribution < 1.29 is 9.53 Å². The monoisotopic (exact) mass is 333 g/mol. The van der Waals surface area contributed by atoms with Crippen LogP contribution in [0.15, 0.2) is 6.20 Å². The Kier molecular flexibility index (Phi) is 5.53. The van der Waals surface area contributed by atoms with E-state index in [1.807, 2.05) is 13.8 Å². The maximum atomic E-state index is 12.2. The Morgan fingerprint density at radius 3 is 2.91 bits per heavy atom. The molecule has 23 heavy (non-hydrogen) atoms. The molecule has 1 aliphatic rings. The van der Waals surface area contributed by atoms with Gasteiger partial charge in [0.05, 0.1) is 18.8 Å². The molecular formula is C17H27N3O2Si. The molecule has 0 bridgehead atoms. The van der Waals surface area contributed by atoms with Crippen molar-refractivity contribution in [2.24, 2.45) is 5.92 Å². The van der Waals surface area contributed by atoms with Crippen molar-refractivity contribution in [2.75, 3.05) is 13.2 Å². The van der Waals surface area contributed by atoms with Crippen LogP contribution in [-0.2, 0) is 4.74 Å². The number of imidazole rings is 1.